The molecule has 0 aliphatic carbocycles. The van der Waals surface area contributed by atoms with Gasteiger partial charge in [0.15, 0.2) is 0 Å². The van der Waals surface area contributed by atoms with Gasteiger partial charge in [-0.1, -0.05) is 0 Å². The molecular weight excluding hydrogens is 238 g/mol. The van der Waals surface area contributed by atoms with E-state index in [9.17, 15) is 0 Å². The van der Waals surface area contributed by atoms with Gasteiger partial charge in [0.1, 0.15) is 0 Å². The molecular formula is C14H21N5. The second kappa shape index (κ2) is 4.74. The molecule has 1 aliphatic rings. The van der Waals surface area contributed by atoms with Gasteiger partial charge in [0.2, 0.25) is 5.95 Å². The summed E-state index contributed by atoms with van der Waals surface area (Å²) in [6.45, 7) is 2.11. The lowest BCUT2D eigenvalue weighted by Crippen LogP contribution is -2.42. The van der Waals surface area contributed by atoms with Gasteiger partial charge >= 0.3 is 0 Å². The first kappa shape index (κ1) is 12.3. The van der Waals surface area contributed by atoms with E-state index in [1.165, 1.54) is 12.8 Å². The summed E-state index contributed by atoms with van der Waals surface area (Å²) < 4.78 is 0. The predicted octanol–water partition coefficient (Wildman–Crippen LogP) is 1.68. The van der Waals surface area contributed by atoms with E-state index in [0.717, 1.165) is 35.8 Å². The highest BCUT2D eigenvalue weighted by molar-refractivity contribution is 5.80. The Kier molecular flexibility index (Phi) is 3.06. The zero-order chi connectivity index (χ0) is 13.4. The lowest BCUT2D eigenvalue weighted by atomic mass is 10.0. The normalized spacial score (nSPS) is 17.5. The van der Waals surface area contributed by atoms with Gasteiger partial charge in [0.05, 0.1) is 11.0 Å². The molecule has 5 nitrogen and oxygen atoms in total. The molecule has 1 aromatic heterocycles. The molecule has 3 rings (SSSR count). The van der Waals surface area contributed by atoms with Gasteiger partial charge < -0.3 is 20.5 Å². The van der Waals surface area contributed by atoms with E-state index in [0.29, 0.717) is 6.04 Å². The van der Waals surface area contributed by atoms with E-state index >= 15 is 0 Å². The SMILES string of the molecule is CN(C)C1CCN(c2nc3ccc(N)cc3[nH]2)CC1. The van der Waals surface area contributed by atoms with Crippen molar-refractivity contribution in [2.75, 3.05) is 37.8 Å². The molecule has 0 atom stereocenters. The number of fused-ring (bicyclic) bond motifs is 1. The third-order valence-electron chi connectivity index (χ3n) is 3.99. The lowest BCUT2D eigenvalue weighted by molar-refractivity contribution is 0.249. The van der Waals surface area contributed by atoms with Crippen molar-refractivity contribution in [1.29, 1.82) is 0 Å². The molecule has 5 heteroatoms. The Morgan fingerprint density at radius 2 is 2.05 bits per heavy atom. The van der Waals surface area contributed by atoms with Gasteiger partial charge in [-0.2, -0.15) is 0 Å². The number of hydrogen-bond donors (Lipinski definition) is 2. The number of hydrogen-bond acceptors (Lipinski definition) is 4. The van der Waals surface area contributed by atoms with Crippen LogP contribution in [-0.4, -0.2) is 48.1 Å². The quantitative estimate of drug-likeness (QED) is 0.806. The van der Waals surface area contributed by atoms with Crippen molar-refractivity contribution in [1.82, 2.24) is 14.9 Å². The van der Waals surface area contributed by atoms with E-state index in [4.69, 9.17) is 5.73 Å². The molecule has 0 saturated carbocycles. The third kappa shape index (κ3) is 2.38. The number of anilines is 2. The van der Waals surface area contributed by atoms with Crippen molar-refractivity contribution >= 4 is 22.7 Å². The van der Waals surface area contributed by atoms with Crippen LogP contribution >= 0.6 is 0 Å². The fourth-order valence-electron chi connectivity index (χ4n) is 2.76. The molecule has 3 N–H and O–H groups in total. The highest BCUT2D eigenvalue weighted by atomic mass is 15.3. The Hall–Kier alpha value is -1.75. The minimum atomic E-state index is 0.691. The van der Waals surface area contributed by atoms with Crippen LogP contribution in [0.1, 0.15) is 12.8 Å². The lowest BCUT2D eigenvalue weighted by Gasteiger charge is -2.34. The van der Waals surface area contributed by atoms with Crippen LogP contribution in [0, 0.1) is 0 Å². The van der Waals surface area contributed by atoms with E-state index in [1.54, 1.807) is 0 Å². The molecule has 0 bridgehead atoms. The monoisotopic (exact) mass is 259 g/mol. The molecule has 102 valence electrons. The van der Waals surface area contributed by atoms with E-state index < -0.39 is 0 Å². The fraction of sp³-hybridized carbons (Fsp3) is 0.500. The van der Waals surface area contributed by atoms with Crippen LogP contribution in [0.4, 0.5) is 11.6 Å². The van der Waals surface area contributed by atoms with Gasteiger partial charge in [-0.25, -0.2) is 4.98 Å². The number of piperidine rings is 1. The summed E-state index contributed by atoms with van der Waals surface area (Å²) in [4.78, 5) is 12.7. The number of aromatic amines is 1. The van der Waals surface area contributed by atoms with Crippen LogP contribution < -0.4 is 10.6 Å². The average molecular weight is 259 g/mol. The van der Waals surface area contributed by atoms with Gasteiger partial charge in [-0.15, -0.1) is 0 Å². The first-order valence-electron chi connectivity index (χ1n) is 6.80. The number of nitrogens with zero attached hydrogens (tertiary/aromatic N) is 3. The summed E-state index contributed by atoms with van der Waals surface area (Å²) in [6, 6.07) is 6.50. The van der Waals surface area contributed by atoms with Crippen molar-refractivity contribution in [2.24, 2.45) is 0 Å². The number of nitrogens with one attached hydrogen (secondary N) is 1. The number of benzene rings is 1. The number of imidazole rings is 1. The summed E-state index contributed by atoms with van der Waals surface area (Å²) in [5.41, 5.74) is 8.57. The number of nitrogens with two attached hydrogens (primary N) is 1. The Morgan fingerprint density at radius 3 is 2.74 bits per heavy atom. The molecule has 0 amide bonds. The van der Waals surface area contributed by atoms with E-state index in [-0.39, 0.29) is 0 Å². The third-order valence-corrected chi connectivity index (χ3v) is 3.99. The van der Waals surface area contributed by atoms with Crippen molar-refractivity contribution in [3.63, 3.8) is 0 Å². The summed E-state index contributed by atoms with van der Waals surface area (Å²) in [6.07, 6.45) is 2.37. The molecule has 1 aromatic carbocycles. The minimum absolute atomic E-state index is 0.691. The molecule has 0 radical (unpaired) electrons. The topological polar surface area (TPSA) is 61.2 Å². The van der Waals surface area contributed by atoms with Gasteiger partial charge in [0.25, 0.3) is 0 Å². The van der Waals surface area contributed by atoms with Crippen LogP contribution in [0.5, 0.6) is 0 Å². The molecule has 2 aromatic rings. The van der Waals surface area contributed by atoms with Crippen LogP contribution in [0.15, 0.2) is 18.2 Å². The minimum Gasteiger partial charge on any atom is -0.399 e. The van der Waals surface area contributed by atoms with E-state index in [2.05, 4.69) is 33.9 Å². The zero-order valence-corrected chi connectivity index (χ0v) is 11.6. The summed E-state index contributed by atoms with van der Waals surface area (Å²) >= 11 is 0. The predicted molar refractivity (Wildman–Crippen MR) is 79.4 cm³/mol. The Morgan fingerprint density at radius 1 is 1.32 bits per heavy atom. The second-order valence-corrected chi connectivity index (χ2v) is 5.52. The van der Waals surface area contributed by atoms with Gasteiger partial charge in [0, 0.05) is 24.8 Å². The maximum atomic E-state index is 5.80. The highest BCUT2D eigenvalue weighted by Crippen LogP contribution is 2.23. The van der Waals surface area contributed by atoms with Crippen LogP contribution in [0.25, 0.3) is 11.0 Å². The Balaban J connectivity index is 1.78. The van der Waals surface area contributed by atoms with Crippen molar-refractivity contribution < 1.29 is 0 Å². The number of nitrogen functional groups attached to an aromatic ring is 1. The first-order valence-corrected chi connectivity index (χ1v) is 6.80. The highest BCUT2D eigenvalue weighted by Gasteiger charge is 2.22. The van der Waals surface area contributed by atoms with Crippen LogP contribution in [0.3, 0.4) is 0 Å². The smallest absolute Gasteiger partial charge is 0.203 e. The molecule has 1 aliphatic heterocycles. The average Bonchev–Trinajstić information content (AvgIpc) is 2.81. The molecule has 1 fully saturated rings. The molecule has 0 unspecified atom stereocenters. The summed E-state index contributed by atoms with van der Waals surface area (Å²) in [7, 11) is 4.31. The second-order valence-electron chi connectivity index (χ2n) is 5.52. The van der Waals surface area contributed by atoms with Crippen molar-refractivity contribution in [3.8, 4) is 0 Å². The fourth-order valence-corrected chi connectivity index (χ4v) is 2.76. The molecule has 1 saturated heterocycles. The number of aromatic nitrogens is 2. The Bertz CT molecular complexity index is 566. The largest absolute Gasteiger partial charge is 0.399 e. The van der Waals surface area contributed by atoms with Crippen molar-refractivity contribution in [3.05, 3.63) is 18.2 Å². The number of H-pyrrole nitrogens is 1. The first-order chi connectivity index (χ1) is 9.13. The summed E-state index contributed by atoms with van der Waals surface area (Å²) in [5, 5.41) is 0. The van der Waals surface area contributed by atoms with E-state index in [1.807, 2.05) is 18.2 Å². The Labute approximate surface area is 113 Å². The molecule has 19 heavy (non-hydrogen) atoms. The maximum Gasteiger partial charge on any atom is 0.203 e. The van der Waals surface area contributed by atoms with Gasteiger partial charge in [-0.3, -0.25) is 0 Å². The molecule has 2 heterocycles. The van der Waals surface area contributed by atoms with Crippen LogP contribution in [0.2, 0.25) is 0 Å². The standard InChI is InChI=1S/C14H21N5/c1-18(2)11-5-7-19(8-6-11)14-16-12-4-3-10(15)9-13(12)17-14/h3-4,9,11H,5-8,15H2,1-2H3,(H,16,17). The van der Waals surface area contributed by atoms with Gasteiger partial charge in [-0.05, 0) is 45.1 Å². The zero-order valence-electron chi connectivity index (χ0n) is 11.6. The molecule has 0 spiro atoms. The van der Waals surface area contributed by atoms with Crippen LogP contribution in [-0.2, 0) is 0 Å². The summed E-state index contributed by atoms with van der Waals surface area (Å²) in [5.74, 6) is 0.970. The number of rotatable bonds is 2. The maximum absolute atomic E-state index is 5.80. The van der Waals surface area contributed by atoms with Crippen molar-refractivity contribution in [2.45, 2.75) is 18.9 Å².